The Morgan fingerprint density at radius 2 is 1.60 bits per heavy atom. The van der Waals surface area contributed by atoms with Crippen LogP contribution in [0.2, 0.25) is 0 Å². The zero-order valence-corrected chi connectivity index (χ0v) is 17.4. The number of rotatable bonds is 6. The maximum atomic E-state index is 12.7. The van der Waals surface area contributed by atoms with Crippen molar-refractivity contribution in [2.24, 2.45) is 5.73 Å². The van der Waals surface area contributed by atoms with E-state index in [4.69, 9.17) is 10.5 Å². The monoisotopic (exact) mass is 433 g/mol. The first-order chi connectivity index (χ1) is 13.9. The van der Waals surface area contributed by atoms with Gasteiger partial charge in [-0.05, 0) is 29.2 Å². The lowest BCUT2D eigenvalue weighted by Gasteiger charge is -2.34. The second-order valence-corrected chi connectivity index (χ2v) is 6.84. The van der Waals surface area contributed by atoms with E-state index in [1.54, 1.807) is 0 Å². The van der Waals surface area contributed by atoms with Gasteiger partial charge in [0.15, 0.2) is 6.04 Å². The number of nitrogens with zero attached hydrogens (tertiary/aromatic N) is 1. The molecule has 160 valence electrons. The van der Waals surface area contributed by atoms with Crippen LogP contribution < -0.4 is 11.1 Å². The molecule has 0 unspecified atom stereocenters. The number of aliphatic carboxylic acids is 1. The number of carboxylic acid groups (broad SMARTS) is 1. The summed E-state index contributed by atoms with van der Waals surface area (Å²) in [6.45, 7) is 1.19. The Labute approximate surface area is 180 Å². The fourth-order valence-electron chi connectivity index (χ4n) is 3.61. The maximum absolute atomic E-state index is 12.7. The Bertz CT molecular complexity index is 904. The zero-order valence-electron chi connectivity index (χ0n) is 16.6. The lowest BCUT2D eigenvalue weighted by molar-refractivity contribution is -0.143. The number of nitrogens with one attached hydrogen (secondary N) is 1. The van der Waals surface area contributed by atoms with E-state index in [9.17, 15) is 19.5 Å². The molecule has 0 bridgehead atoms. The molecule has 0 aromatic heterocycles. The number of benzene rings is 2. The van der Waals surface area contributed by atoms with Crippen LogP contribution in [-0.4, -0.2) is 53.7 Å². The molecular weight excluding hydrogens is 410 g/mol. The van der Waals surface area contributed by atoms with Crippen LogP contribution in [0.15, 0.2) is 48.5 Å². The van der Waals surface area contributed by atoms with Gasteiger partial charge in [-0.2, -0.15) is 0 Å². The van der Waals surface area contributed by atoms with Crippen molar-refractivity contribution in [3.63, 3.8) is 0 Å². The van der Waals surface area contributed by atoms with E-state index in [-0.39, 0.29) is 19.0 Å². The topological polar surface area (TPSA) is 122 Å². The number of amides is 2. The first-order valence-electron chi connectivity index (χ1n) is 9.17. The third-order valence-electron chi connectivity index (χ3n) is 4.97. The van der Waals surface area contributed by atoms with Gasteiger partial charge in [0.05, 0.1) is 19.2 Å². The third-order valence-corrected chi connectivity index (χ3v) is 4.97. The maximum Gasteiger partial charge on any atom is 0.411 e. The summed E-state index contributed by atoms with van der Waals surface area (Å²) in [5, 5.41) is 12.4. The van der Waals surface area contributed by atoms with Crippen molar-refractivity contribution in [1.82, 2.24) is 10.2 Å². The van der Waals surface area contributed by atoms with Crippen LogP contribution >= 0.6 is 12.4 Å². The van der Waals surface area contributed by atoms with Gasteiger partial charge in [0.2, 0.25) is 5.91 Å². The van der Waals surface area contributed by atoms with Gasteiger partial charge < -0.3 is 20.9 Å². The molecule has 2 aromatic carbocycles. The molecule has 0 fully saturated rings. The Balaban J connectivity index is 0.00000320. The molecule has 30 heavy (non-hydrogen) atoms. The summed E-state index contributed by atoms with van der Waals surface area (Å²) in [4.78, 5) is 37.9. The van der Waals surface area contributed by atoms with Crippen molar-refractivity contribution in [2.75, 3.05) is 13.7 Å². The first kappa shape index (κ1) is 23.2. The minimum atomic E-state index is -1.35. The predicted octanol–water partition coefficient (Wildman–Crippen LogP) is 2.16. The van der Waals surface area contributed by atoms with Gasteiger partial charge in [0, 0.05) is 6.54 Å². The van der Waals surface area contributed by atoms with Crippen molar-refractivity contribution < 1.29 is 24.2 Å². The number of nitrogens with two attached hydrogens (primary N) is 1. The first-order valence-corrected chi connectivity index (χ1v) is 9.17. The summed E-state index contributed by atoms with van der Waals surface area (Å²) in [5.41, 5.74) is 8.98. The van der Waals surface area contributed by atoms with E-state index in [1.807, 2.05) is 48.5 Å². The van der Waals surface area contributed by atoms with Gasteiger partial charge in [-0.25, -0.2) is 9.59 Å². The number of carbonyl (C=O) groups is 3. The van der Waals surface area contributed by atoms with E-state index < -0.39 is 36.1 Å². The molecule has 9 heteroatoms. The number of halogens is 1. The Kier molecular flexibility index (Phi) is 7.42. The molecule has 0 spiro atoms. The summed E-state index contributed by atoms with van der Waals surface area (Å²) >= 11 is 0. The molecule has 0 radical (unpaired) electrons. The number of carbonyl (C=O) groups excluding carboxylic acids is 2. The van der Waals surface area contributed by atoms with E-state index in [0.717, 1.165) is 27.2 Å². The van der Waals surface area contributed by atoms with Gasteiger partial charge in [0.1, 0.15) is 0 Å². The largest absolute Gasteiger partial charge is 0.480 e. The number of hydrogen-bond donors (Lipinski definition) is 3. The normalized spacial score (nSPS) is 13.8. The van der Waals surface area contributed by atoms with Gasteiger partial charge in [-0.3, -0.25) is 9.69 Å². The molecule has 1 aliphatic rings. The molecule has 8 nitrogen and oxygen atoms in total. The quantitative estimate of drug-likeness (QED) is 0.641. The van der Waals surface area contributed by atoms with E-state index in [1.165, 1.54) is 14.0 Å². The summed E-state index contributed by atoms with van der Waals surface area (Å²) < 4.78 is 4.93. The van der Waals surface area contributed by atoms with Crippen LogP contribution in [0.3, 0.4) is 0 Å². The molecule has 0 heterocycles. The van der Waals surface area contributed by atoms with Crippen LogP contribution in [-0.2, 0) is 14.3 Å². The number of ether oxygens (including phenoxy) is 1. The van der Waals surface area contributed by atoms with Crippen LogP contribution in [0, 0.1) is 0 Å². The van der Waals surface area contributed by atoms with Crippen LogP contribution in [0.4, 0.5) is 4.79 Å². The van der Waals surface area contributed by atoms with Crippen molar-refractivity contribution in [1.29, 1.82) is 0 Å². The van der Waals surface area contributed by atoms with E-state index in [0.29, 0.717) is 0 Å². The van der Waals surface area contributed by atoms with Crippen molar-refractivity contribution >= 4 is 30.4 Å². The molecule has 1 aliphatic carbocycles. The average molecular weight is 434 g/mol. The van der Waals surface area contributed by atoms with E-state index in [2.05, 4.69) is 5.32 Å². The summed E-state index contributed by atoms with van der Waals surface area (Å²) in [6.07, 6.45) is -0.802. The molecule has 0 saturated heterocycles. The highest BCUT2D eigenvalue weighted by Gasteiger charge is 2.42. The third kappa shape index (κ3) is 4.24. The van der Waals surface area contributed by atoms with Crippen LogP contribution in [0.5, 0.6) is 0 Å². The summed E-state index contributed by atoms with van der Waals surface area (Å²) in [5.74, 6) is -1.77. The molecule has 2 atom stereocenters. The molecule has 0 aliphatic heterocycles. The molecule has 2 amide bonds. The second kappa shape index (κ2) is 9.60. The van der Waals surface area contributed by atoms with Gasteiger partial charge in [-0.1, -0.05) is 48.5 Å². The van der Waals surface area contributed by atoms with Crippen molar-refractivity contribution in [2.45, 2.75) is 25.0 Å². The second-order valence-electron chi connectivity index (χ2n) is 6.84. The fraction of sp³-hybridized carbons (Fsp3) is 0.286. The Morgan fingerprint density at radius 1 is 1.10 bits per heavy atom. The molecule has 0 saturated carbocycles. The van der Waals surface area contributed by atoms with Crippen LogP contribution in [0.25, 0.3) is 11.1 Å². The van der Waals surface area contributed by atoms with Crippen molar-refractivity contribution in [3.8, 4) is 11.1 Å². The number of carboxylic acids is 1. The van der Waals surface area contributed by atoms with Crippen LogP contribution in [0.1, 0.15) is 24.1 Å². The van der Waals surface area contributed by atoms with E-state index >= 15 is 0 Å². The minimum absolute atomic E-state index is 0. The lowest BCUT2D eigenvalue weighted by Crippen LogP contribution is -2.53. The Morgan fingerprint density at radius 3 is 2.03 bits per heavy atom. The molecular formula is C21H24ClN3O5. The smallest absolute Gasteiger partial charge is 0.411 e. The standard InChI is InChI=1S/C21H23N3O5.ClH/c1-12(22)19(25)23-11-17(20(26)27)24(21(28)29-2)18-15-9-5-3-7-13(15)14-8-4-6-10-16(14)18;/h3-10,12,17-18H,11,22H2,1-2H3,(H,23,25)(H,26,27);1H/t12-,17+;/m1./s1. The van der Waals surface area contributed by atoms with Gasteiger partial charge in [-0.15, -0.1) is 12.4 Å². The average Bonchev–Trinajstić information content (AvgIpc) is 3.04. The molecule has 3 rings (SSSR count). The molecule has 2 aromatic rings. The number of methoxy groups -OCH3 is 1. The Hall–Kier alpha value is -3.10. The highest BCUT2D eigenvalue weighted by molar-refractivity contribution is 5.86. The van der Waals surface area contributed by atoms with Crippen molar-refractivity contribution in [3.05, 3.63) is 59.7 Å². The predicted molar refractivity (Wildman–Crippen MR) is 113 cm³/mol. The summed E-state index contributed by atoms with van der Waals surface area (Å²) in [7, 11) is 1.20. The summed E-state index contributed by atoms with van der Waals surface area (Å²) in [6, 6.07) is 12.2. The minimum Gasteiger partial charge on any atom is -0.480 e. The SMILES string of the molecule is COC(=O)N(C1c2ccccc2-c2ccccc21)[C@@H](CNC(=O)[C@@H](C)N)C(=O)O.Cl. The lowest BCUT2D eigenvalue weighted by atomic mass is 10.0. The highest BCUT2D eigenvalue weighted by Crippen LogP contribution is 2.46. The zero-order chi connectivity index (χ0) is 21.1. The molecule has 4 N–H and O–H groups in total. The number of fused-ring (bicyclic) bond motifs is 3. The number of hydrogen-bond acceptors (Lipinski definition) is 5. The fourth-order valence-corrected chi connectivity index (χ4v) is 3.61. The van der Waals surface area contributed by atoms with Gasteiger partial charge >= 0.3 is 12.1 Å². The van der Waals surface area contributed by atoms with Gasteiger partial charge in [0.25, 0.3) is 0 Å². The highest BCUT2D eigenvalue weighted by atomic mass is 35.5.